The second-order valence-electron chi connectivity index (χ2n) is 5.18. The lowest BCUT2D eigenvalue weighted by atomic mass is 9.86. The lowest BCUT2D eigenvalue weighted by Gasteiger charge is -2.19. The highest BCUT2D eigenvalue weighted by Gasteiger charge is 2.18. The van der Waals surface area contributed by atoms with Gasteiger partial charge in [0.25, 0.3) is 0 Å². The highest BCUT2D eigenvalue weighted by atomic mass is 16.1. The number of isocyanates is 2. The summed E-state index contributed by atoms with van der Waals surface area (Å²) >= 11 is 0. The molecule has 0 aromatic heterocycles. The number of aryl methyl sites for hydroxylation is 2. The summed E-state index contributed by atoms with van der Waals surface area (Å²) in [4.78, 5) is 28.6. The summed E-state index contributed by atoms with van der Waals surface area (Å²) < 4.78 is 0. The Kier molecular flexibility index (Phi) is 4.80. The number of benzene rings is 2. The fourth-order valence-electron chi connectivity index (χ4n) is 2.81. The van der Waals surface area contributed by atoms with Crippen LogP contribution in [0.5, 0.6) is 0 Å². The molecule has 4 nitrogen and oxygen atoms in total. The molecule has 0 aliphatic heterocycles. The van der Waals surface area contributed by atoms with Crippen LogP contribution in [0.4, 0.5) is 11.4 Å². The lowest BCUT2D eigenvalue weighted by Crippen LogP contribution is -2.01. The zero-order valence-electron chi connectivity index (χ0n) is 12.8. The zero-order valence-corrected chi connectivity index (χ0v) is 12.8. The number of nitrogens with zero attached hydrogens (tertiary/aromatic N) is 2. The number of aliphatic imine (C=N–C) groups is 2. The van der Waals surface area contributed by atoms with Gasteiger partial charge in [-0.2, -0.15) is 9.98 Å². The molecule has 0 amide bonds. The molecule has 0 aliphatic carbocycles. The van der Waals surface area contributed by atoms with E-state index < -0.39 is 0 Å². The van der Waals surface area contributed by atoms with Crippen LogP contribution in [-0.4, -0.2) is 12.2 Å². The minimum atomic E-state index is 0.0579. The molecule has 22 heavy (non-hydrogen) atoms. The molecule has 1 atom stereocenters. The van der Waals surface area contributed by atoms with Crippen molar-refractivity contribution in [3.05, 3.63) is 58.7 Å². The van der Waals surface area contributed by atoms with Crippen molar-refractivity contribution in [3.63, 3.8) is 0 Å². The van der Waals surface area contributed by atoms with Crippen LogP contribution in [0, 0.1) is 13.8 Å². The van der Waals surface area contributed by atoms with Crippen molar-refractivity contribution in [2.75, 3.05) is 0 Å². The molecular formula is C18H16N2O2. The first kappa shape index (κ1) is 15.6. The standard InChI is InChI=1S/C18H16N2O2/c1-12-6-4-5-7-16(12)14(3)18-13(2)8-15(19-10-21)9-17(18)20-11-22/h4-9,14H,1-3H3. The molecule has 0 spiro atoms. The van der Waals surface area contributed by atoms with Gasteiger partial charge in [-0.25, -0.2) is 9.59 Å². The maximum Gasteiger partial charge on any atom is 0.240 e. The monoisotopic (exact) mass is 292 g/mol. The largest absolute Gasteiger partial charge is 0.240 e. The number of hydrogen-bond donors (Lipinski definition) is 0. The molecule has 0 bridgehead atoms. The van der Waals surface area contributed by atoms with E-state index >= 15 is 0 Å². The van der Waals surface area contributed by atoms with Gasteiger partial charge in [0.2, 0.25) is 12.2 Å². The third kappa shape index (κ3) is 3.09. The topological polar surface area (TPSA) is 58.9 Å². The van der Waals surface area contributed by atoms with Crippen LogP contribution < -0.4 is 0 Å². The Morgan fingerprint density at radius 1 is 0.955 bits per heavy atom. The highest BCUT2D eigenvalue weighted by Crippen LogP contribution is 2.38. The van der Waals surface area contributed by atoms with Crippen LogP contribution in [0.1, 0.15) is 35.1 Å². The Morgan fingerprint density at radius 3 is 2.27 bits per heavy atom. The fourth-order valence-corrected chi connectivity index (χ4v) is 2.81. The Bertz CT molecular complexity index is 799. The summed E-state index contributed by atoms with van der Waals surface area (Å²) in [6.45, 7) is 6.03. The Morgan fingerprint density at radius 2 is 1.64 bits per heavy atom. The summed E-state index contributed by atoms with van der Waals surface area (Å²) in [6.07, 6.45) is 3.08. The summed E-state index contributed by atoms with van der Waals surface area (Å²) in [5, 5.41) is 0. The van der Waals surface area contributed by atoms with Crippen LogP contribution >= 0.6 is 0 Å². The fraction of sp³-hybridized carbons (Fsp3) is 0.222. The zero-order chi connectivity index (χ0) is 16.1. The maximum absolute atomic E-state index is 10.7. The van der Waals surface area contributed by atoms with Gasteiger partial charge in [0.15, 0.2) is 0 Å². The van der Waals surface area contributed by atoms with E-state index in [-0.39, 0.29) is 5.92 Å². The van der Waals surface area contributed by atoms with Crippen molar-refractivity contribution >= 4 is 23.5 Å². The molecule has 2 aromatic carbocycles. The van der Waals surface area contributed by atoms with Crippen molar-refractivity contribution in [1.82, 2.24) is 0 Å². The first-order valence-corrected chi connectivity index (χ1v) is 6.94. The van der Waals surface area contributed by atoms with Crippen LogP contribution in [0.15, 0.2) is 46.4 Å². The van der Waals surface area contributed by atoms with Crippen molar-refractivity contribution < 1.29 is 9.59 Å². The van der Waals surface area contributed by atoms with Crippen LogP contribution in [0.3, 0.4) is 0 Å². The van der Waals surface area contributed by atoms with E-state index in [0.29, 0.717) is 11.4 Å². The smallest absolute Gasteiger partial charge is 0.211 e. The molecule has 1 unspecified atom stereocenters. The lowest BCUT2D eigenvalue weighted by molar-refractivity contribution is 0.564. The number of carbonyl (C=O) groups excluding carboxylic acids is 2. The van der Waals surface area contributed by atoms with E-state index in [9.17, 15) is 9.59 Å². The average molecular weight is 292 g/mol. The van der Waals surface area contributed by atoms with Gasteiger partial charge in [-0.3, -0.25) is 0 Å². The molecule has 4 heteroatoms. The Hall–Kier alpha value is -2.80. The SMILES string of the molecule is Cc1ccccc1C(C)c1c(C)cc(N=C=O)cc1N=C=O. The maximum atomic E-state index is 10.7. The van der Waals surface area contributed by atoms with Gasteiger partial charge in [0.05, 0.1) is 11.4 Å². The van der Waals surface area contributed by atoms with Gasteiger partial charge in [-0.1, -0.05) is 31.2 Å². The molecule has 0 N–H and O–H groups in total. The van der Waals surface area contributed by atoms with Gasteiger partial charge in [-0.15, -0.1) is 0 Å². The van der Waals surface area contributed by atoms with Crippen LogP contribution in [0.25, 0.3) is 0 Å². The highest BCUT2D eigenvalue weighted by molar-refractivity contribution is 5.66. The van der Waals surface area contributed by atoms with E-state index in [1.807, 2.05) is 19.1 Å². The quantitative estimate of drug-likeness (QED) is 0.619. The Labute approximate surface area is 129 Å². The van der Waals surface area contributed by atoms with E-state index in [1.54, 1.807) is 18.2 Å². The summed E-state index contributed by atoms with van der Waals surface area (Å²) in [7, 11) is 0. The predicted octanol–water partition coefficient (Wildman–Crippen LogP) is 4.39. The van der Waals surface area contributed by atoms with Gasteiger partial charge >= 0.3 is 0 Å². The summed E-state index contributed by atoms with van der Waals surface area (Å²) in [5.74, 6) is 0.0579. The second kappa shape index (κ2) is 6.77. The molecular weight excluding hydrogens is 276 g/mol. The summed E-state index contributed by atoms with van der Waals surface area (Å²) in [6, 6.07) is 11.5. The molecule has 110 valence electrons. The minimum absolute atomic E-state index is 0.0579. The predicted molar refractivity (Wildman–Crippen MR) is 85.4 cm³/mol. The first-order chi connectivity index (χ1) is 10.6. The molecule has 0 aliphatic rings. The number of rotatable bonds is 4. The normalized spacial score (nSPS) is 11.2. The molecule has 2 aromatic rings. The van der Waals surface area contributed by atoms with Gasteiger partial charge in [0, 0.05) is 5.92 Å². The van der Waals surface area contributed by atoms with Crippen LogP contribution in [0.2, 0.25) is 0 Å². The number of hydrogen-bond acceptors (Lipinski definition) is 4. The second-order valence-corrected chi connectivity index (χ2v) is 5.18. The minimum Gasteiger partial charge on any atom is -0.211 e. The molecule has 0 radical (unpaired) electrons. The molecule has 2 rings (SSSR count). The summed E-state index contributed by atoms with van der Waals surface area (Å²) in [5.41, 5.74) is 5.11. The van der Waals surface area contributed by atoms with Gasteiger partial charge in [0.1, 0.15) is 0 Å². The van der Waals surface area contributed by atoms with E-state index in [2.05, 4.69) is 36.0 Å². The van der Waals surface area contributed by atoms with Gasteiger partial charge < -0.3 is 0 Å². The van der Waals surface area contributed by atoms with Crippen molar-refractivity contribution in [2.45, 2.75) is 26.7 Å². The third-order valence-corrected chi connectivity index (χ3v) is 3.78. The molecule has 0 saturated heterocycles. The van der Waals surface area contributed by atoms with Gasteiger partial charge in [-0.05, 0) is 48.2 Å². The first-order valence-electron chi connectivity index (χ1n) is 6.94. The Balaban J connectivity index is 2.66. The van der Waals surface area contributed by atoms with Crippen LogP contribution in [-0.2, 0) is 9.59 Å². The van der Waals surface area contributed by atoms with Crippen molar-refractivity contribution in [2.24, 2.45) is 9.98 Å². The molecule has 0 saturated carbocycles. The molecule has 0 fully saturated rings. The molecule has 0 heterocycles. The van der Waals surface area contributed by atoms with E-state index in [0.717, 1.165) is 11.1 Å². The van der Waals surface area contributed by atoms with E-state index in [4.69, 9.17) is 0 Å². The van der Waals surface area contributed by atoms with E-state index in [1.165, 1.54) is 17.2 Å². The van der Waals surface area contributed by atoms with Crippen molar-refractivity contribution in [1.29, 1.82) is 0 Å². The van der Waals surface area contributed by atoms with Crippen molar-refractivity contribution in [3.8, 4) is 0 Å². The third-order valence-electron chi connectivity index (χ3n) is 3.78. The average Bonchev–Trinajstić information content (AvgIpc) is 2.47.